The fraction of sp³-hybridized carbons (Fsp3) is 0.333. The number of sulfone groups is 1. The quantitative estimate of drug-likeness (QED) is 0.832. The molecule has 0 bridgehead atoms. The summed E-state index contributed by atoms with van der Waals surface area (Å²) in [4.78, 5) is 4.93. The van der Waals surface area contributed by atoms with Crippen LogP contribution in [0.4, 0.5) is 0 Å². The van der Waals surface area contributed by atoms with Gasteiger partial charge in [-0.3, -0.25) is 0 Å². The van der Waals surface area contributed by atoms with Crippen molar-refractivity contribution < 1.29 is 13.3 Å². The lowest BCUT2D eigenvalue weighted by Gasteiger charge is -2.07. The third-order valence-corrected chi connectivity index (χ3v) is 4.84. The van der Waals surface area contributed by atoms with Gasteiger partial charge in [0.15, 0.2) is 9.84 Å². The molecular weight excluding hydrogens is 282 g/mol. The summed E-state index contributed by atoms with van der Waals surface area (Å²) >= 11 is 3.31. The van der Waals surface area contributed by atoms with Gasteiger partial charge in [-0.25, -0.2) is 14.3 Å². The molecule has 82 valence electrons. The molecule has 2 rings (SSSR count). The highest BCUT2D eigenvalue weighted by Crippen LogP contribution is 2.36. The number of benzene rings is 1. The van der Waals surface area contributed by atoms with Crippen molar-refractivity contribution in [3.05, 3.63) is 28.2 Å². The van der Waals surface area contributed by atoms with E-state index in [1.807, 2.05) is 6.07 Å². The Morgan fingerprint density at radius 3 is 2.93 bits per heavy atom. The molecular formula is C9H10BrNO3S. The summed E-state index contributed by atoms with van der Waals surface area (Å²) in [5.41, 5.74) is 0.787. The zero-order chi connectivity index (χ0) is 11.1. The van der Waals surface area contributed by atoms with Crippen molar-refractivity contribution in [1.82, 2.24) is 0 Å². The van der Waals surface area contributed by atoms with Crippen molar-refractivity contribution in [2.45, 2.75) is 10.8 Å². The maximum absolute atomic E-state index is 11.7. The molecule has 4 nitrogen and oxygen atoms in total. The van der Waals surface area contributed by atoms with Gasteiger partial charge in [-0.1, -0.05) is 15.9 Å². The van der Waals surface area contributed by atoms with Gasteiger partial charge in [0.2, 0.25) is 0 Å². The van der Waals surface area contributed by atoms with E-state index < -0.39 is 9.84 Å². The first kappa shape index (κ1) is 11.1. The molecule has 1 heterocycles. The van der Waals surface area contributed by atoms with Crippen LogP contribution in [0.15, 0.2) is 27.6 Å². The molecule has 0 saturated carbocycles. The minimum atomic E-state index is -3.15. The van der Waals surface area contributed by atoms with Gasteiger partial charge in [-0.05, 0) is 23.8 Å². The van der Waals surface area contributed by atoms with Crippen molar-refractivity contribution >= 4 is 25.8 Å². The first-order chi connectivity index (χ1) is 7.04. The lowest BCUT2D eigenvalue weighted by molar-refractivity contribution is 0.127. The van der Waals surface area contributed by atoms with E-state index in [9.17, 15) is 8.42 Å². The van der Waals surface area contributed by atoms with Gasteiger partial charge in [0.1, 0.15) is 0 Å². The Morgan fingerprint density at radius 2 is 2.27 bits per heavy atom. The maximum Gasteiger partial charge on any atom is 0.179 e. The molecule has 0 radical (unpaired) electrons. The van der Waals surface area contributed by atoms with Crippen LogP contribution in [0.5, 0.6) is 0 Å². The molecule has 1 unspecified atom stereocenters. The molecule has 0 spiro atoms. The van der Waals surface area contributed by atoms with Gasteiger partial charge in [0.05, 0.1) is 17.3 Å². The van der Waals surface area contributed by atoms with Gasteiger partial charge in [-0.2, -0.15) is 0 Å². The molecule has 6 heteroatoms. The van der Waals surface area contributed by atoms with Crippen LogP contribution < -0.4 is 5.90 Å². The van der Waals surface area contributed by atoms with E-state index in [0.717, 1.165) is 10.0 Å². The number of hydrogen-bond donors (Lipinski definition) is 1. The Kier molecular flexibility index (Phi) is 2.85. The van der Waals surface area contributed by atoms with Crippen LogP contribution in [0.1, 0.15) is 11.5 Å². The monoisotopic (exact) mass is 291 g/mol. The van der Waals surface area contributed by atoms with Gasteiger partial charge >= 0.3 is 0 Å². The maximum atomic E-state index is 11.7. The SMILES string of the molecule is NOCC1CS(=O)(=O)c2ccc(Br)cc21. The number of hydrogen-bond acceptors (Lipinski definition) is 4. The first-order valence-corrected chi connectivity index (χ1v) is 6.83. The largest absolute Gasteiger partial charge is 0.304 e. The van der Waals surface area contributed by atoms with Crippen molar-refractivity contribution in [3.8, 4) is 0 Å². The summed E-state index contributed by atoms with van der Waals surface area (Å²) in [6, 6.07) is 5.15. The van der Waals surface area contributed by atoms with Crippen molar-refractivity contribution in [2.24, 2.45) is 5.90 Å². The van der Waals surface area contributed by atoms with Crippen LogP contribution >= 0.6 is 15.9 Å². The summed E-state index contributed by atoms with van der Waals surface area (Å²) in [5, 5.41) is 0. The van der Waals surface area contributed by atoms with Gasteiger partial charge in [-0.15, -0.1) is 0 Å². The van der Waals surface area contributed by atoms with E-state index in [1.54, 1.807) is 12.1 Å². The summed E-state index contributed by atoms with van der Waals surface area (Å²) in [7, 11) is -3.15. The molecule has 0 saturated heterocycles. The molecule has 1 aromatic rings. The highest BCUT2D eigenvalue weighted by Gasteiger charge is 2.34. The van der Waals surface area contributed by atoms with Crippen LogP contribution in [0, 0.1) is 0 Å². The van der Waals surface area contributed by atoms with E-state index in [1.165, 1.54) is 0 Å². The predicted molar refractivity (Wildman–Crippen MR) is 59.1 cm³/mol. The number of fused-ring (bicyclic) bond motifs is 1. The molecule has 1 aromatic carbocycles. The predicted octanol–water partition coefficient (Wildman–Crippen LogP) is 1.21. The lowest BCUT2D eigenvalue weighted by atomic mass is 10.0. The molecule has 1 aliphatic heterocycles. The third kappa shape index (κ3) is 1.94. The average molecular weight is 292 g/mol. The minimum absolute atomic E-state index is 0.0794. The topological polar surface area (TPSA) is 69.4 Å². The zero-order valence-electron chi connectivity index (χ0n) is 7.81. The van der Waals surface area contributed by atoms with E-state index in [-0.39, 0.29) is 18.3 Å². The Morgan fingerprint density at radius 1 is 1.53 bits per heavy atom. The van der Waals surface area contributed by atoms with Crippen LogP contribution in [-0.2, 0) is 14.7 Å². The van der Waals surface area contributed by atoms with Crippen LogP contribution in [0.2, 0.25) is 0 Å². The van der Waals surface area contributed by atoms with Gasteiger partial charge in [0.25, 0.3) is 0 Å². The van der Waals surface area contributed by atoms with E-state index in [0.29, 0.717) is 4.90 Å². The van der Waals surface area contributed by atoms with E-state index in [4.69, 9.17) is 5.90 Å². The molecule has 0 aromatic heterocycles. The molecule has 0 fully saturated rings. The van der Waals surface area contributed by atoms with Gasteiger partial charge in [0, 0.05) is 10.4 Å². The molecule has 1 aliphatic rings. The van der Waals surface area contributed by atoms with Crippen LogP contribution in [-0.4, -0.2) is 20.8 Å². The Hall–Kier alpha value is -0.430. The highest BCUT2D eigenvalue weighted by molar-refractivity contribution is 9.10. The fourth-order valence-corrected chi connectivity index (χ4v) is 4.04. The zero-order valence-corrected chi connectivity index (χ0v) is 10.2. The third-order valence-electron chi connectivity index (χ3n) is 2.46. The van der Waals surface area contributed by atoms with Crippen molar-refractivity contribution in [3.63, 3.8) is 0 Å². The molecule has 2 N–H and O–H groups in total. The normalized spacial score (nSPS) is 22.7. The summed E-state index contributed by atoms with van der Waals surface area (Å²) < 4.78 is 24.3. The Balaban J connectivity index is 2.53. The number of rotatable bonds is 2. The second-order valence-electron chi connectivity index (χ2n) is 3.49. The summed E-state index contributed by atoms with van der Waals surface area (Å²) in [6.07, 6.45) is 0. The summed E-state index contributed by atoms with van der Waals surface area (Å²) in [5.74, 6) is 4.91. The molecule has 1 atom stereocenters. The lowest BCUT2D eigenvalue weighted by Crippen LogP contribution is -2.13. The fourth-order valence-electron chi connectivity index (χ4n) is 1.82. The molecule has 0 amide bonds. The smallest absolute Gasteiger partial charge is 0.179 e. The number of halogens is 1. The summed E-state index contributed by atoms with van der Waals surface area (Å²) in [6.45, 7) is 0.225. The van der Waals surface area contributed by atoms with Crippen LogP contribution in [0.25, 0.3) is 0 Å². The second-order valence-corrected chi connectivity index (χ2v) is 6.41. The molecule has 15 heavy (non-hydrogen) atoms. The second kappa shape index (κ2) is 3.86. The van der Waals surface area contributed by atoms with E-state index in [2.05, 4.69) is 20.8 Å². The first-order valence-electron chi connectivity index (χ1n) is 4.38. The highest BCUT2D eigenvalue weighted by atomic mass is 79.9. The number of nitrogens with two attached hydrogens (primary N) is 1. The van der Waals surface area contributed by atoms with Crippen molar-refractivity contribution in [1.29, 1.82) is 0 Å². The minimum Gasteiger partial charge on any atom is -0.304 e. The van der Waals surface area contributed by atoms with Crippen LogP contribution in [0.3, 0.4) is 0 Å². The standard InChI is InChI=1S/C9H10BrNO3S/c10-7-1-2-9-8(3-7)6(4-14-11)5-15(9,12)13/h1-3,6H,4-5,11H2. The van der Waals surface area contributed by atoms with Crippen molar-refractivity contribution in [2.75, 3.05) is 12.4 Å². The Bertz CT molecular complexity index is 486. The Labute approximate surface area is 96.4 Å². The molecule has 0 aliphatic carbocycles. The van der Waals surface area contributed by atoms with E-state index >= 15 is 0 Å². The average Bonchev–Trinajstić information content (AvgIpc) is 2.39. The van der Waals surface area contributed by atoms with Gasteiger partial charge < -0.3 is 4.84 Å².